The number of rotatable bonds is 1. The Morgan fingerprint density at radius 2 is 2.21 bits per heavy atom. The number of nitro groups is 1. The van der Waals surface area contributed by atoms with Crippen molar-refractivity contribution in [3.05, 3.63) is 37.5 Å². The van der Waals surface area contributed by atoms with Crippen molar-refractivity contribution in [3.63, 3.8) is 0 Å². The molecule has 0 atom stereocenters. The molecule has 0 unspecified atom stereocenters. The van der Waals surface area contributed by atoms with Crippen molar-refractivity contribution in [3.8, 4) is 0 Å². The smallest absolute Gasteiger partial charge is 0.305 e. The number of aromatic nitrogens is 1. The first kappa shape index (κ1) is 8.89. The number of hydrogen-bond donors (Lipinski definition) is 1. The number of non-ortho nitro benzene ring substituents is 1. The fraction of sp³-hybridized carbons (Fsp3) is 0.125. The van der Waals surface area contributed by atoms with Gasteiger partial charge in [0.25, 0.3) is 5.69 Å². The number of nitrogens with one attached hydrogen (secondary N) is 1. The number of thiazole rings is 1. The van der Waals surface area contributed by atoms with Gasteiger partial charge in [0.05, 0.1) is 9.62 Å². The van der Waals surface area contributed by atoms with Gasteiger partial charge in [-0.15, -0.1) is 0 Å². The molecule has 2 rings (SSSR count). The molecule has 0 saturated heterocycles. The molecule has 0 radical (unpaired) electrons. The van der Waals surface area contributed by atoms with E-state index in [1.807, 2.05) is 6.92 Å². The van der Waals surface area contributed by atoms with Gasteiger partial charge in [0.15, 0.2) is 0 Å². The van der Waals surface area contributed by atoms with E-state index in [0.717, 1.165) is 16.9 Å². The fourth-order valence-electron chi connectivity index (χ4n) is 1.30. The number of aromatic amines is 1. The predicted molar refractivity (Wildman–Crippen MR) is 53.8 cm³/mol. The van der Waals surface area contributed by atoms with Gasteiger partial charge in [0.1, 0.15) is 5.52 Å². The van der Waals surface area contributed by atoms with Crippen molar-refractivity contribution in [2.45, 2.75) is 6.92 Å². The van der Waals surface area contributed by atoms with Crippen LogP contribution in [0.25, 0.3) is 10.2 Å². The Labute approximate surface area is 82.2 Å². The highest BCUT2D eigenvalue weighted by atomic mass is 32.1. The van der Waals surface area contributed by atoms with E-state index in [-0.39, 0.29) is 10.6 Å². The van der Waals surface area contributed by atoms with Crippen molar-refractivity contribution < 1.29 is 4.92 Å². The lowest BCUT2D eigenvalue weighted by Crippen LogP contribution is -1.93. The van der Waals surface area contributed by atoms with Gasteiger partial charge in [0, 0.05) is 6.07 Å². The normalized spacial score (nSPS) is 10.6. The summed E-state index contributed by atoms with van der Waals surface area (Å²) in [4.78, 5) is 23.4. The summed E-state index contributed by atoms with van der Waals surface area (Å²) in [5, 5.41) is 10.6. The molecule has 14 heavy (non-hydrogen) atoms. The number of H-pyrrole nitrogens is 1. The Kier molecular flexibility index (Phi) is 1.85. The van der Waals surface area contributed by atoms with Crippen LogP contribution in [0.4, 0.5) is 5.69 Å². The van der Waals surface area contributed by atoms with E-state index in [1.165, 1.54) is 6.07 Å². The first-order valence-electron chi connectivity index (χ1n) is 3.86. The Morgan fingerprint density at radius 1 is 1.50 bits per heavy atom. The third kappa shape index (κ3) is 1.20. The molecule has 0 fully saturated rings. The average molecular weight is 210 g/mol. The summed E-state index contributed by atoms with van der Waals surface area (Å²) in [7, 11) is 0. The average Bonchev–Trinajstić information content (AvgIpc) is 2.47. The summed E-state index contributed by atoms with van der Waals surface area (Å²) in [6, 6.07) is 3.05. The molecular formula is C8H6N2O3S. The first-order valence-corrected chi connectivity index (χ1v) is 4.68. The SMILES string of the molecule is Cc1ccc([N+](=O)[O-])c2[nH]c(=O)sc12. The Bertz CT molecular complexity index is 569. The highest BCUT2D eigenvalue weighted by Crippen LogP contribution is 2.27. The van der Waals surface area contributed by atoms with Crippen LogP contribution in [0.3, 0.4) is 0 Å². The standard InChI is InChI=1S/C8H6N2O3S/c1-4-2-3-5(10(12)13)6-7(4)14-8(11)9-6/h2-3H,1H3,(H,9,11). The summed E-state index contributed by atoms with van der Waals surface area (Å²) in [6.45, 7) is 1.82. The zero-order chi connectivity index (χ0) is 10.3. The molecule has 0 aliphatic rings. The summed E-state index contributed by atoms with van der Waals surface area (Å²) >= 11 is 0.995. The third-order valence-corrected chi connectivity index (χ3v) is 2.97. The van der Waals surface area contributed by atoms with E-state index in [2.05, 4.69) is 4.98 Å². The van der Waals surface area contributed by atoms with Gasteiger partial charge in [-0.25, -0.2) is 0 Å². The number of hydrogen-bond acceptors (Lipinski definition) is 4. The van der Waals surface area contributed by atoms with E-state index < -0.39 is 4.92 Å². The van der Waals surface area contributed by atoms with Crippen LogP contribution in [0.15, 0.2) is 16.9 Å². The maximum atomic E-state index is 11.1. The Hall–Kier alpha value is -1.69. The molecule has 0 aliphatic carbocycles. The molecule has 1 aromatic carbocycles. The molecule has 1 heterocycles. The predicted octanol–water partition coefficient (Wildman–Crippen LogP) is 1.81. The number of fused-ring (bicyclic) bond motifs is 1. The monoisotopic (exact) mass is 210 g/mol. The lowest BCUT2D eigenvalue weighted by atomic mass is 10.2. The van der Waals surface area contributed by atoms with Gasteiger partial charge in [-0.1, -0.05) is 17.4 Å². The summed E-state index contributed by atoms with van der Waals surface area (Å²) in [6.07, 6.45) is 0. The summed E-state index contributed by atoms with van der Waals surface area (Å²) < 4.78 is 0.657. The van der Waals surface area contributed by atoms with Crippen molar-refractivity contribution in [1.82, 2.24) is 4.98 Å². The van der Waals surface area contributed by atoms with Gasteiger partial charge in [-0.2, -0.15) is 0 Å². The number of nitro benzene ring substituents is 1. The van der Waals surface area contributed by atoms with E-state index in [0.29, 0.717) is 10.2 Å². The van der Waals surface area contributed by atoms with E-state index >= 15 is 0 Å². The van der Waals surface area contributed by atoms with Crippen LogP contribution in [0.5, 0.6) is 0 Å². The maximum Gasteiger partial charge on any atom is 0.305 e. The molecule has 6 heteroatoms. The summed E-state index contributed by atoms with van der Waals surface area (Å²) in [5.74, 6) is 0. The molecule has 0 aliphatic heterocycles. The second-order valence-corrected chi connectivity index (χ2v) is 3.86. The van der Waals surface area contributed by atoms with Gasteiger partial charge in [0.2, 0.25) is 0 Å². The largest absolute Gasteiger partial charge is 0.307 e. The zero-order valence-corrected chi connectivity index (χ0v) is 8.05. The van der Waals surface area contributed by atoms with Gasteiger partial charge in [-0.3, -0.25) is 14.9 Å². The topological polar surface area (TPSA) is 76.0 Å². The molecule has 72 valence electrons. The maximum absolute atomic E-state index is 11.1. The molecule has 0 saturated carbocycles. The minimum Gasteiger partial charge on any atom is -0.307 e. The van der Waals surface area contributed by atoms with Gasteiger partial charge in [-0.05, 0) is 12.5 Å². The molecule has 1 N–H and O–H groups in total. The quantitative estimate of drug-likeness (QED) is 0.576. The van der Waals surface area contributed by atoms with Crippen LogP contribution in [0.1, 0.15) is 5.56 Å². The van der Waals surface area contributed by atoms with Crippen molar-refractivity contribution >= 4 is 27.2 Å². The highest BCUT2D eigenvalue weighted by molar-refractivity contribution is 7.16. The second kappa shape index (κ2) is 2.91. The van der Waals surface area contributed by atoms with Crippen LogP contribution >= 0.6 is 11.3 Å². The number of nitrogens with zero attached hydrogens (tertiary/aromatic N) is 1. The molecule has 1 aromatic heterocycles. The van der Waals surface area contributed by atoms with Crippen LogP contribution in [0.2, 0.25) is 0 Å². The lowest BCUT2D eigenvalue weighted by molar-refractivity contribution is -0.383. The van der Waals surface area contributed by atoms with Crippen LogP contribution in [-0.2, 0) is 0 Å². The lowest BCUT2D eigenvalue weighted by Gasteiger charge is -1.95. The number of aryl methyl sites for hydroxylation is 1. The third-order valence-electron chi connectivity index (χ3n) is 1.95. The van der Waals surface area contributed by atoms with E-state index in [9.17, 15) is 14.9 Å². The molecule has 0 amide bonds. The molecule has 2 aromatic rings. The molecule has 0 spiro atoms. The van der Waals surface area contributed by atoms with Crippen molar-refractivity contribution in [2.75, 3.05) is 0 Å². The van der Waals surface area contributed by atoms with Crippen LogP contribution < -0.4 is 4.87 Å². The van der Waals surface area contributed by atoms with Gasteiger partial charge < -0.3 is 4.98 Å². The fourth-order valence-corrected chi connectivity index (χ4v) is 2.13. The molecule has 5 nitrogen and oxygen atoms in total. The van der Waals surface area contributed by atoms with Crippen LogP contribution in [0, 0.1) is 17.0 Å². The molecule has 0 bridgehead atoms. The Morgan fingerprint density at radius 3 is 2.86 bits per heavy atom. The highest BCUT2D eigenvalue weighted by Gasteiger charge is 2.15. The number of benzene rings is 1. The minimum atomic E-state index is -0.496. The summed E-state index contributed by atoms with van der Waals surface area (Å²) in [5.41, 5.74) is 1.14. The van der Waals surface area contributed by atoms with E-state index in [4.69, 9.17) is 0 Å². The van der Waals surface area contributed by atoms with E-state index in [1.54, 1.807) is 6.07 Å². The van der Waals surface area contributed by atoms with Crippen molar-refractivity contribution in [1.29, 1.82) is 0 Å². The first-order chi connectivity index (χ1) is 6.59. The Balaban J connectivity index is 2.94. The molecular weight excluding hydrogens is 204 g/mol. The zero-order valence-electron chi connectivity index (χ0n) is 7.23. The second-order valence-electron chi connectivity index (χ2n) is 2.88. The van der Waals surface area contributed by atoms with Gasteiger partial charge >= 0.3 is 4.87 Å². The van der Waals surface area contributed by atoms with Crippen LogP contribution in [-0.4, -0.2) is 9.91 Å². The minimum absolute atomic E-state index is 0.0519. The van der Waals surface area contributed by atoms with Crippen molar-refractivity contribution in [2.24, 2.45) is 0 Å².